The molecule has 1 saturated heterocycles. The third-order valence-corrected chi connectivity index (χ3v) is 3.25. The summed E-state index contributed by atoms with van der Waals surface area (Å²) >= 11 is 0. The van der Waals surface area contributed by atoms with Crippen LogP contribution in [0.1, 0.15) is 11.1 Å². The molecule has 3 N–H and O–H groups in total. The summed E-state index contributed by atoms with van der Waals surface area (Å²) in [4.78, 5) is 10.8. The molecule has 1 aliphatic rings. The fourth-order valence-electron chi connectivity index (χ4n) is 2.13. The first kappa shape index (κ1) is 15.7. The van der Waals surface area contributed by atoms with Crippen LogP contribution in [0.3, 0.4) is 0 Å². The number of aliphatic hydroxyl groups is 1. The number of carbonyl (C=O) groups is 1. The van der Waals surface area contributed by atoms with Gasteiger partial charge in [0.25, 0.3) is 0 Å². The molecule has 21 heavy (non-hydrogen) atoms. The summed E-state index contributed by atoms with van der Waals surface area (Å²) in [6.07, 6.45) is -6.45. The van der Waals surface area contributed by atoms with Crippen molar-refractivity contribution in [1.29, 1.82) is 0 Å². The maximum atomic E-state index is 12.6. The fraction of sp³-hybridized carbons (Fsp3) is 0.462. The Morgan fingerprint density at radius 2 is 2.14 bits per heavy atom. The zero-order valence-corrected chi connectivity index (χ0v) is 10.8. The van der Waals surface area contributed by atoms with E-state index >= 15 is 0 Å². The number of nitrogens with one attached hydrogen (secondary N) is 1. The standard InChI is InChI=1S/C13H14F3NO4/c14-13(15,16)8-3-1-2-7(4-8)6-21-9-5-17-10(11(9)18)12(19)20/h1-4,9-11,17-18H,5-6H2,(H,19,20)/t9-,10-,11+/m0/s1. The summed E-state index contributed by atoms with van der Waals surface area (Å²) in [5.41, 5.74) is -0.479. The van der Waals surface area contributed by atoms with E-state index < -0.39 is 36.0 Å². The van der Waals surface area contributed by atoms with E-state index in [1.165, 1.54) is 12.1 Å². The highest BCUT2D eigenvalue weighted by atomic mass is 19.4. The molecule has 0 radical (unpaired) electrons. The third-order valence-electron chi connectivity index (χ3n) is 3.25. The number of ether oxygens (including phenoxy) is 1. The summed E-state index contributed by atoms with van der Waals surface area (Å²) in [6.45, 7) is -0.0171. The molecule has 0 aliphatic carbocycles. The second kappa shape index (κ2) is 6.00. The molecular formula is C13H14F3NO4. The van der Waals surface area contributed by atoms with Crippen molar-refractivity contribution in [2.24, 2.45) is 0 Å². The quantitative estimate of drug-likeness (QED) is 0.774. The highest BCUT2D eigenvalue weighted by Crippen LogP contribution is 2.29. The first-order chi connectivity index (χ1) is 9.79. The molecular weight excluding hydrogens is 291 g/mol. The van der Waals surface area contributed by atoms with E-state index in [1.807, 2.05) is 0 Å². The van der Waals surface area contributed by atoms with E-state index in [1.54, 1.807) is 0 Å². The van der Waals surface area contributed by atoms with Crippen molar-refractivity contribution in [3.05, 3.63) is 35.4 Å². The predicted octanol–water partition coefficient (Wildman–Crippen LogP) is 1.01. The van der Waals surface area contributed by atoms with Gasteiger partial charge in [0, 0.05) is 6.54 Å². The Kier molecular flexibility index (Phi) is 4.50. The van der Waals surface area contributed by atoms with Crippen LogP contribution >= 0.6 is 0 Å². The van der Waals surface area contributed by atoms with Gasteiger partial charge in [-0.2, -0.15) is 13.2 Å². The molecule has 3 atom stereocenters. The van der Waals surface area contributed by atoms with Gasteiger partial charge in [-0.05, 0) is 17.7 Å². The monoisotopic (exact) mass is 305 g/mol. The maximum Gasteiger partial charge on any atom is 0.416 e. The molecule has 0 amide bonds. The molecule has 2 rings (SSSR count). The van der Waals surface area contributed by atoms with Crippen LogP contribution < -0.4 is 5.32 Å². The van der Waals surface area contributed by atoms with Crippen LogP contribution in [0.25, 0.3) is 0 Å². The first-order valence-electron chi connectivity index (χ1n) is 6.21. The summed E-state index contributed by atoms with van der Waals surface area (Å²) in [7, 11) is 0. The maximum absolute atomic E-state index is 12.6. The van der Waals surface area contributed by atoms with Crippen molar-refractivity contribution in [1.82, 2.24) is 5.32 Å². The number of carboxylic acids is 1. The lowest BCUT2D eigenvalue weighted by Crippen LogP contribution is -2.40. The lowest BCUT2D eigenvalue weighted by molar-refractivity contribution is -0.143. The SMILES string of the molecule is O=C(O)[C@H]1NC[C@H](OCc2cccc(C(F)(F)F)c2)[C@H]1O. The van der Waals surface area contributed by atoms with Crippen LogP contribution in [0.5, 0.6) is 0 Å². The van der Waals surface area contributed by atoms with E-state index in [2.05, 4.69) is 5.32 Å². The number of hydrogen-bond acceptors (Lipinski definition) is 4. The molecule has 1 heterocycles. The highest BCUT2D eigenvalue weighted by Gasteiger charge is 2.39. The van der Waals surface area contributed by atoms with Crippen molar-refractivity contribution in [2.75, 3.05) is 6.54 Å². The topological polar surface area (TPSA) is 78.8 Å². The summed E-state index contributed by atoms with van der Waals surface area (Å²) in [6, 6.07) is 3.53. The zero-order valence-electron chi connectivity index (χ0n) is 10.8. The van der Waals surface area contributed by atoms with Gasteiger partial charge in [0.15, 0.2) is 0 Å². The van der Waals surface area contributed by atoms with Gasteiger partial charge in [0.1, 0.15) is 12.1 Å². The fourth-order valence-corrected chi connectivity index (χ4v) is 2.13. The van der Waals surface area contributed by atoms with E-state index in [-0.39, 0.29) is 13.2 Å². The number of aliphatic hydroxyl groups excluding tert-OH is 1. The van der Waals surface area contributed by atoms with E-state index in [9.17, 15) is 23.1 Å². The summed E-state index contributed by atoms with van der Waals surface area (Å²) in [5, 5.41) is 21.1. The lowest BCUT2D eigenvalue weighted by atomic mass is 10.1. The van der Waals surface area contributed by atoms with Crippen LogP contribution in [0.15, 0.2) is 24.3 Å². The zero-order chi connectivity index (χ0) is 15.6. The third kappa shape index (κ3) is 3.72. The summed E-state index contributed by atoms with van der Waals surface area (Å²) in [5.74, 6) is -1.20. The predicted molar refractivity (Wildman–Crippen MR) is 65.5 cm³/mol. The smallest absolute Gasteiger partial charge is 0.416 e. The molecule has 5 nitrogen and oxygen atoms in total. The highest BCUT2D eigenvalue weighted by molar-refractivity contribution is 5.74. The van der Waals surface area contributed by atoms with Gasteiger partial charge in [0.05, 0.1) is 18.3 Å². The number of aliphatic carboxylic acids is 1. The van der Waals surface area contributed by atoms with Gasteiger partial charge in [-0.15, -0.1) is 0 Å². The van der Waals surface area contributed by atoms with Gasteiger partial charge in [-0.25, -0.2) is 0 Å². The van der Waals surface area contributed by atoms with Gasteiger partial charge >= 0.3 is 12.1 Å². The van der Waals surface area contributed by atoms with E-state index in [4.69, 9.17) is 9.84 Å². The Balaban J connectivity index is 1.97. The minimum Gasteiger partial charge on any atom is -0.480 e. The van der Waals surface area contributed by atoms with Crippen LogP contribution in [0.2, 0.25) is 0 Å². The molecule has 0 aromatic heterocycles. The Hall–Kier alpha value is -1.64. The average molecular weight is 305 g/mol. The van der Waals surface area contributed by atoms with Gasteiger partial charge in [-0.1, -0.05) is 12.1 Å². The number of benzene rings is 1. The Morgan fingerprint density at radius 3 is 2.71 bits per heavy atom. The van der Waals surface area contributed by atoms with Crippen LogP contribution in [-0.4, -0.2) is 41.0 Å². The van der Waals surface area contributed by atoms with Crippen molar-refractivity contribution in [3.63, 3.8) is 0 Å². The number of carboxylic acid groups (broad SMARTS) is 1. The molecule has 1 aromatic rings. The van der Waals surface area contributed by atoms with Crippen molar-refractivity contribution in [3.8, 4) is 0 Å². The molecule has 1 aromatic carbocycles. The van der Waals surface area contributed by atoms with Crippen LogP contribution in [-0.2, 0) is 22.3 Å². The Morgan fingerprint density at radius 1 is 1.43 bits per heavy atom. The van der Waals surface area contributed by atoms with E-state index in [0.29, 0.717) is 5.56 Å². The van der Waals surface area contributed by atoms with Crippen molar-refractivity contribution in [2.45, 2.75) is 31.0 Å². The lowest BCUT2D eigenvalue weighted by Gasteiger charge is -2.17. The van der Waals surface area contributed by atoms with E-state index in [0.717, 1.165) is 12.1 Å². The largest absolute Gasteiger partial charge is 0.480 e. The minimum atomic E-state index is -4.43. The molecule has 0 unspecified atom stereocenters. The van der Waals surface area contributed by atoms with Gasteiger partial charge in [0.2, 0.25) is 0 Å². The van der Waals surface area contributed by atoms with Crippen LogP contribution in [0.4, 0.5) is 13.2 Å². The molecule has 0 saturated carbocycles. The van der Waals surface area contributed by atoms with Crippen molar-refractivity contribution < 1.29 is 32.9 Å². The Labute approximate surface area is 118 Å². The van der Waals surface area contributed by atoms with Gasteiger partial charge in [-0.3, -0.25) is 10.1 Å². The minimum absolute atomic E-state index is 0.122. The molecule has 8 heteroatoms. The van der Waals surface area contributed by atoms with Crippen molar-refractivity contribution >= 4 is 5.97 Å². The molecule has 0 bridgehead atoms. The molecule has 0 spiro atoms. The molecule has 116 valence electrons. The molecule has 1 fully saturated rings. The van der Waals surface area contributed by atoms with Crippen LogP contribution in [0, 0.1) is 0 Å². The Bertz CT molecular complexity index is 520. The first-order valence-corrected chi connectivity index (χ1v) is 6.21. The average Bonchev–Trinajstić information content (AvgIpc) is 2.77. The summed E-state index contributed by atoms with van der Waals surface area (Å²) < 4.78 is 43.0. The second-order valence-electron chi connectivity index (χ2n) is 4.76. The number of hydrogen-bond donors (Lipinski definition) is 3. The van der Waals surface area contributed by atoms with Gasteiger partial charge < -0.3 is 14.9 Å². The normalized spacial score (nSPS) is 26.0. The molecule has 1 aliphatic heterocycles. The number of alkyl halides is 3. The number of halogens is 3. The second-order valence-corrected chi connectivity index (χ2v) is 4.76. The number of rotatable bonds is 4.